The Hall–Kier alpha value is -2.41. The van der Waals surface area contributed by atoms with E-state index in [1.54, 1.807) is 4.90 Å². The van der Waals surface area contributed by atoms with Gasteiger partial charge in [0.1, 0.15) is 0 Å². The van der Waals surface area contributed by atoms with Crippen molar-refractivity contribution in [2.75, 3.05) is 39.8 Å². The van der Waals surface area contributed by atoms with E-state index in [1.807, 2.05) is 30.3 Å². The molecule has 0 aliphatic carbocycles. The molecule has 0 bridgehead atoms. The monoisotopic (exact) mass is 330 g/mol. The fraction of sp³-hybridized carbons (Fsp3) is 0.471. The summed E-state index contributed by atoms with van der Waals surface area (Å²) in [6.07, 6.45) is 1.47. The normalized spacial score (nSPS) is 15.5. The second kappa shape index (κ2) is 7.92. The molecule has 128 valence electrons. The lowest BCUT2D eigenvalue weighted by molar-refractivity contribution is 0.0905. The average molecular weight is 330 g/mol. The Morgan fingerprint density at radius 1 is 1.21 bits per heavy atom. The number of carbonyl (C=O) groups is 1. The van der Waals surface area contributed by atoms with Gasteiger partial charge in [0, 0.05) is 38.2 Å². The maximum Gasteiger partial charge on any atom is 0.409 e. The zero-order valence-corrected chi connectivity index (χ0v) is 13.9. The van der Waals surface area contributed by atoms with Crippen molar-refractivity contribution >= 4 is 6.09 Å². The van der Waals surface area contributed by atoms with E-state index in [0.29, 0.717) is 24.8 Å². The molecule has 7 nitrogen and oxygen atoms in total. The van der Waals surface area contributed by atoms with E-state index in [0.717, 1.165) is 38.0 Å². The first-order chi connectivity index (χ1) is 11.8. The molecular weight excluding hydrogens is 308 g/mol. The van der Waals surface area contributed by atoms with Gasteiger partial charge in [-0.2, -0.15) is 4.98 Å². The Morgan fingerprint density at radius 2 is 1.96 bits per heavy atom. The van der Waals surface area contributed by atoms with Gasteiger partial charge in [-0.15, -0.1) is 0 Å². The summed E-state index contributed by atoms with van der Waals surface area (Å²) in [5, 5.41) is 4.03. The fourth-order valence-corrected chi connectivity index (χ4v) is 2.80. The summed E-state index contributed by atoms with van der Waals surface area (Å²) in [7, 11) is 1.42. The van der Waals surface area contributed by atoms with Crippen LogP contribution in [0.2, 0.25) is 0 Å². The molecule has 1 aromatic heterocycles. The number of benzene rings is 1. The molecule has 1 amide bonds. The minimum Gasteiger partial charge on any atom is -0.453 e. The summed E-state index contributed by atoms with van der Waals surface area (Å²) < 4.78 is 10.1. The third kappa shape index (κ3) is 4.11. The van der Waals surface area contributed by atoms with Crippen LogP contribution in [0.3, 0.4) is 0 Å². The largest absolute Gasteiger partial charge is 0.453 e. The lowest BCUT2D eigenvalue weighted by atomic mass is 10.2. The zero-order valence-electron chi connectivity index (χ0n) is 13.9. The van der Waals surface area contributed by atoms with Crippen LogP contribution in [0.25, 0.3) is 11.4 Å². The summed E-state index contributed by atoms with van der Waals surface area (Å²) in [5.74, 6) is 1.30. The molecule has 0 N–H and O–H groups in total. The summed E-state index contributed by atoms with van der Waals surface area (Å²) >= 11 is 0. The number of aromatic nitrogens is 2. The molecule has 2 aromatic rings. The molecule has 0 unspecified atom stereocenters. The van der Waals surface area contributed by atoms with Crippen molar-refractivity contribution in [1.82, 2.24) is 19.9 Å². The van der Waals surface area contributed by atoms with Crippen LogP contribution in [0.4, 0.5) is 4.79 Å². The van der Waals surface area contributed by atoms with Gasteiger partial charge in [0.05, 0.1) is 7.11 Å². The molecule has 1 aromatic carbocycles. The van der Waals surface area contributed by atoms with Crippen molar-refractivity contribution in [3.8, 4) is 11.4 Å². The van der Waals surface area contributed by atoms with Gasteiger partial charge >= 0.3 is 6.09 Å². The fourth-order valence-electron chi connectivity index (χ4n) is 2.80. The summed E-state index contributed by atoms with van der Waals surface area (Å²) in [4.78, 5) is 20.0. The first kappa shape index (κ1) is 16.4. The van der Waals surface area contributed by atoms with Crippen molar-refractivity contribution < 1.29 is 14.1 Å². The van der Waals surface area contributed by atoms with Crippen LogP contribution in [0.15, 0.2) is 34.9 Å². The maximum atomic E-state index is 11.4. The van der Waals surface area contributed by atoms with Gasteiger partial charge in [-0.25, -0.2) is 4.79 Å². The molecule has 0 spiro atoms. The highest BCUT2D eigenvalue weighted by molar-refractivity contribution is 5.67. The van der Waals surface area contributed by atoms with Crippen molar-refractivity contribution in [2.45, 2.75) is 12.8 Å². The molecule has 0 saturated carbocycles. The topological polar surface area (TPSA) is 71.7 Å². The predicted molar refractivity (Wildman–Crippen MR) is 88.5 cm³/mol. The lowest BCUT2D eigenvalue weighted by Crippen LogP contribution is -2.48. The number of carbonyl (C=O) groups excluding carboxylic acids is 1. The molecule has 24 heavy (non-hydrogen) atoms. The number of methoxy groups -OCH3 is 1. The number of hydrogen-bond acceptors (Lipinski definition) is 6. The predicted octanol–water partition coefficient (Wildman–Crippen LogP) is 2.05. The molecule has 1 saturated heterocycles. The third-order valence-electron chi connectivity index (χ3n) is 4.17. The van der Waals surface area contributed by atoms with Crippen molar-refractivity contribution in [3.63, 3.8) is 0 Å². The molecular formula is C17H22N4O3. The van der Waals surface area contributed by atoms with Gasteiger partial charge in [0.2, 0.25) is 11.7 Å². The second-order valence-electron chi connectivity index (χ2n) is 5.78. The molecule has 1 aliphatic rings. The summed E-state index contributed by atoms with van der Waals surface area (Å²) in [6.45, 7) is 4.12. The smallest absolute Gasteiger partial charge is 0.409 e. The van der Waals surface area contributed by atoms with Crippen LogP contribution in [0, 0.1) is 0 Å². The second-order valence-corrected chi connectivity index (χ2v) is 5.78. The number of rotatable bonds is 5. The average Bonchev–Trinajstić information content (AvgIpc) is 3.11. The Kier molecular flexibility index (Phi) is 5.43. The Bertz CT molecular complexity index is 651. The van der Waals surface area contributed by atoms with E-state index in [9.17, 15) is 4.79 Å². The SMILES string of the molecule is COC(=O)N1CCN(CCCc2nc(-c3ccccc3)no2)CC1. The van der Waals surface area contributed by atoms with E-state index in [2.05, 4.69) is 15.0 Å². The molecule has 1 aliphatic heterocycles. The number of piperazine rings is 1. The molecule has 3 rings (SSSR count). The third-order valence-corrected chi connectivity index (χ3v) is 4.17. The van der Waals surface area contributed by atoms with E-state index in [1.165, 1.54) is 7.11 Å². The maximum absolute atomic E-state index is 11.4. The number of aryl methyl sites for hydroxylation is 1. The standard InChI is InChI=1S/C17H22N4O3/c1-23-17(22)21-12-10-20(11-13-21)9-5-8-15-18-16(19-24-15)14-6-3-2-4-7-14/h2-4,6-7H,5,8-13H2,1H3. The number of amides is 1. The van der Waals surface area contributed by atoms with E-state index < -0.39 is 0 Å². The molecule has 0 atom stereocenters. The minimum absolute atomic E-state index is 0.242. The molecule has 0 radical (unpaired) electrons. The number of ether oxygens (including phenoxy) is 1. The highest BCUT2D eigenvalue weighted by Gasteiger charge is 2.21. The van der Waals surface area contributed by atoms with E-state index in [4.69, 9.17) is 9.26 Å². The minimum atomic E-state index is -0.242. The van der Waals surface area contributed by atoms with Crippen LogP contribution >= 0.6 is 0 Å². The van der Waals surface area contributed by atoms with Gasteiger partial charge in [0.15, 0.2) is 0 Å². The van der Waals surface area contributed by atoms with Crippen molar-refractivity contribution in [1.29, 1.82) is 0 Å². The zero-order chi connectivity index (χ0) is 16.8. The van der Waals surface area contributed by atoms with Gasteiger partial charge in [-0.1, -0.05) is 35.5 Å². The molecule has 1 fully saturated rings. The number of nitrogens with zero attached hydrogens (tertiary/aromatic N) is 4. The summed E-state index contributed by atoms with van der Waals surface area (Å²) in [6, 6.07) is 9.81. The quantitative estimate of drug-likeness (QED) is 0.835. The summed E-state index contributed by atoms with van der Waals surface area (Å²) in [5.41, 5.74) is 0.964. The van der Waals surface area contributed by atoms with Gasteiger partial charge < -0.3 is 14.2 Å². The molecule has 7 heteroatoms. The Labute approximate surface area is 141 Å². The first-order valence-corrected chi connectivity index (χ1v) is 8.19. The van der Waals surface area contributed by atoms with Crippen LogP contribution in [-0.2, 0) is 11.2 Å². The van der Waals surface area contributed by atoms with Crippen molar-refractivity contribution in [3.05, 3.63) is 36.2 Å². The highest BCUT2D eigenvalue weighted by atomic mass is 16.5. The molecule has 2 heterocycles. The number of hydrogen-bond donors (Lipinski definition) is 0. The van der Waals surface area contributed by atoms with Crippen molar-refractivity contribution in [2.24, 2.45) is 0 Å². The highest BCUT2D eigenvalue weighted by Crippen LogP contribution is 2.15. The Morgan fingerprint density at radius 3 is 2.67 bits per heavy atom. The van der Waals surface area contributed by atoms with E-state index >= 15 is 0 Å². The van der Waals surface area contributed by atoms with Crippen LogP contribution in [-0.4, -0.2) is 65.9 Å². The van der Waals surface area contributed by atoms with Gasteiger partial charge in [-0.05, 0) is 13.0 Å². The van der Waals surface area contributed by atoms with Crippen LogP contribution in [0.1, 0.15) is 12.3 Å². The lowest BCUT2D eigenvalue weighted by Gasteiger charge is -2.33. The van der Waals surface area contributed by atoms with E-state index in [-0.39, 0.29) is 6.09 Å². The van der Waals surface area contributed by atoms with Crippen LogP contribution in [0.5, 0.6) is 0 Å². The van der Waals surface area contributed by atoms with Crippen LogP contribution < -0.4 is 0 Å². The Balaban J connectivity index is 1.41. The van der Waals surface area contributed by atoms with Gasteiger partial charge in [-0.3, -0.25) is 4.90 Å². The van der Waals surface area contributed by atoms with Gasteiger partial charge in [0.25, 0.3) is 0 Å². The first-order valence-electron chi connectivity index (χ1n) is 8.19.